The number of fused-ring (bicyclic) bond motifs is 1. The summed E-state index contributed by atoms with van der Waals surface area (Å²) in [7, 11) is 3.00. The Morgan fingerprint density at radius 3 is 2.82 bits per heavy atom. The molecule has 114 valence electrons. The van der Waals surface area contributed by atoms with E-state index in [4.69, 9.17) is 9.47 Å². The Morgan fingerprint density at radius 2 is 2.05 bits per heavy atom. The van der Waals surface area contributed by atoms with Gasteiger partial charge in [0.2, 0.25) is 5.75 Å². The van der Waals surface area contributed by atoms with Crippen LogP contribution in [0.3, 0.4) is 0 Å². The fourth-order valence-corrected chi connectivity index (χ4v) is 2.17. The number of aromatic amines is 1. The van der Waals surface area contributed by atoms with Crippen LogP contribution in [0.4, 0.5) is 5.82 Å². The summed E-state index contributed by atoms with van der Waals surface area (Å²) >= 11 is 0. The van der Waals surface area contributed by atoms with Crippen LogP contribution in [0, 0.1) is 0 Å². The third-order valence-corrected chi connectivity index (χ3v) is 3.27. The standard InChI is InChI=1S/C14H15N5O3/c1-21-9-4-3-8(11(20)12(9)22-2)5-15-13-10-14(17-6-16-10)19-7-18-13/h3-4,6-7,20H,5H2,1-2H3,(H2,15,16,17,18,19). The molecular weight excluding hydrogens is 286 g/mol. The number of hydrogen-bond acceptors (Lipinski definition) is 7. The Morgan fingerprint density at radius 1 is 1.18 bits per heavy atom. The lowest BCUT2D eigenvalue weighted by molar-refractivity contribution is 0.331. The number of hydrogen-bond donors (Lipinski definition) is 3. The molecule has 0 saturated carbocycles. The molecule has 2 heterocycles. The molecule has 3 aromatic rings. The first-order valence-corrected chi connectivity index (χ1v) is 6.55. The second-order valence-corrected chi connectivity index (χ2v) is 4.49. The summed E-state index contributed by atoms with van der Waals surface area (Å²) in [5.74, 6) is 1.42. The molecule has 3 rings (SSSR count). The summed E-state index contributed by atoms with van der Waals surface area (Å²) < 4.78 is 10.3. The summed E-state index contributed by atoms with van der Waals surface area (Å²) in [6.45, 7) is 0.358. The third-order valence-electron chi connectivity index (χ3n) is 3.27. The van der Waals surface area contributed by atoms with E-state index in [1.807, 2.05) is 0 Å². The molecule has 0 aliphatic carbocycles. The maximum Gasteiger partial charge on any atom is 0.203 e. The largest absolute Gasteiger partial charge is 0.504 e. The van der Waals surface area contributed by atoms with Crippen LogP contribution >= 0.6 is 0 Å². The first kappa shape index (κ1) is 13.9. The van der Waals surface area contributed by atoms with Gasteiger partial charge >= 0.3 is 0 Å². The second-order valence-electron chi connectivity index (χ2n) is 4.49. The van der Waals surface area contributed by atoms with Gasteiger partial charge in [-0.1, -0.05) is 0 Å². The van der Waals surface area contributed by atoms with Crippen LogP contribution in [0.2, 0.25) is 0 Å². The highest BCUT2D eigenvalue weighted by Gasteiger charge is 2.14. The normalized spacial score (nSPS) is 10.6. The van der Waals surface area contributed by atoms with Crippen LogP contribution in [0.5, 0.6) is 17.2 Å². The molecular formula is C14H15N5O3. The van der Waals surface area contributed by atoms with Crippen molar-refractivity contribution in [2.45, 2.75) is 6.54 Å². The summed E-state index contributed by atoms with van der Waals surface area (Å²) in [6.07, 6.45) is 2.98. The van der Waals surface area contributed by atoms with Crippen molar-refractivity contribution in [1.29, 1.82) is 0 Å². The van der Waals surface area contributed by atoms with Gasteiger partial charge in [-0.05, 0) is 12.1 Å². The van der Waals surface area contributed by atoms with E-state index in [1.165, 1.54) is 20.5 Å². The smallest absolute Gasteiger partial charge is 0.203 e. The molecule has 0 radical (unpaired) electrons. The molecule has 0 aliphatic rings. The molecule has 2 aromatic heterocycles. The molecule has 1 aromatic carbocycles. The predicted molar refractivity (Wildman–Crippen MR) is 80.2 cm³/mol. The number of benzene rings is 1. The Bertz CT molecular complexity index is 802. The van der Waals surface area contributed by atoms with E-state index in [1.54, 1.807) is 18.5 Å². The number of phenolic OH excluding ortho intramolecular Hbond substituents is 1. The number of aromatic nitrogens is 4. The van der Waals surface area contributed by atoms with Crippen LogP contribution in [0.25, 0.3) is 11.2 Å². The summed E-state index contributed by atoms with van der Waals surface area (Å²) in [5.41, 5.74) is 1.94. The molecule has 3 N–H and O–H groups in total. The predicted octanol–water partition coefficient (Wildman–Crippen LogP) is 1.69. The molecule has 0 bridgehead atoms. The van der Waals surface area contributed by atoms with E-state index >= 15 is 0 Å². The van der Waals surface area contributed by atoms with E-state index in [2.05, 4.69) is 25.3 Å². The molecule has 0 amide bonds. The zero-order valence-corrected chi connectivity index (χ0v) is 12.1. The number of methoxy groups -OCH3 is 2. The number of ether oxygens (including phenoxy) is 2. The lowest BCUT2D eigenvalue weighted by Crippen LogP contribution is -2.04. The highest BCUT2D eigenvalue weighted by Crippen LogP contribution is 2.39. The molecule has 0 fully saturated rings. The van der Waals surface area contributed by atoms with Gasteiger partial charge in [0.25, 0.3) is 0 Å². The number of aromatic hydroxyl groups is 1. The van der Waals surface area contributed by atoms with Gasteiger partial charge < -0.3 is 24.9 Å². The topological polar surface area (TPSA) is 105 Å². The average molecular weight is 301 g/mol. The van der Waals surface area contributed by atoms with Crippen molar-refractivity contribution in [1.82, 2.24) is 19.9 Å². The minimum absolute atomic E-state index is 0.0317. The lowest BCUT2D eigenvalue weighted by Gasteiger charge is -2.13. The second kappa shape index (κ2) is 5.76. The van der Waals surface area contributed by atoms with Gasteiger partial charge in [-0.3, -0.25) is 0 Å². The van der Waals surface area contributed by atoms with Gasteiger partial charge in [0.1, 0.15) is 11.8 Å². The van der Waals surface area contributed by atoms with Crippen molar-refractivity contribution in [3.63, 3.8) is 0 Å². The monoisotopic (exact) mass is 301 g/mol. The van der Waals surface area contributed by atoms with Crippen LogP contribution in [0.1, 0.15) is 5.56 Å². The van der Waals surface area contributed by atoms with E-state index < -0.39 is 0 Å². The van der Waals surface area contributed by atoms with Gasteiger partial charge in [-0.15, -0.1) is 0 Å². The van der Waals surface area contributed by atoms with E-state index in [0.717, 1.165) is 0 Å². The molecule has 8 nitrogen and oxygen atoms in total. The summed E-state index contributed by atoms with van der Waals surface area (Å²) in [6, 6.07) is 3.50. The SMILES string of the molecule is COc1ccc(CNc2ncnc3nc[nH]c23)c(O)c1OC. The fourth-order valence-electron chi connectivity index (χ4n) is 2.17. The van der Waals surface area contributed by atoms with Crippen molar-refractivity contribution in [3.8, 4) is 17.2 Å². The number of anilines is 1. The van der Waals surface area contributed by atoms with Crippen molar-refractivity contribution >= 4 is 17.0 Å². The molecule has 0 aliphatic heterocycles. The molecule has 0 saturated heterocycles. The molecule has 8 heteroatoms. The minimum Gasteiger partial charge on any atom is -0.504 e. The summed E-state index contributed by atoms with van der Waals surface area (Å²) in [5, 5.41) is 13.4. The van der Waals surface area contributed by atoms with Gasteiger partial charge in [0, 0.05) is 12.1 Å². The molecule has 0 atom stereocenters. The Balaban J connectivity index is 1.86. The van der Waals surface area contributed by atoms with Gasteiger partial charge in [-0.2, -0.15) is 0 Å². The number of H-pyrrole nitrogens is 1. The Labute approximate surface area is 126 Å². The van der Waals surface area contributed by atoms with E-state index in [-0.39, 0.29) is 5.75 Å². The van der Waals surface area contributed by atoms with Crippen molar-refractivity contribution in [2.75, 3.05) is 19.5 Å². The Kier molecular flexibility index (Phi) is 3.65. The maximum atomic E-state index is 10.3. The quantitative estimate of drug-likeness (QED) is 0.658. The Hall–Kier alpha value is -3.03. The highest BCUT2D eigenvalue weighted by molar-refractivity contribution is 5.81. The molecule has 22 heavy (non-hydrogen) atoms. The molecule has 0 unspecified atom stereocenters. The fraction of sp³-hybridized carbons (Fsp3) is 0.214. The zero-order chi connectivity index (χ0) is 15.5. The molecule has 0 spiro atoms. The number of nitrogens with one attached hydrogen (secondary N) is 2. The first-order chi connectivity index (χ1) is 10.7. The maximum absolute atomic E-state index is 10.3. The third kappa shape index (κ3) is 2.34. The lowest BCUT2D eigenvalue weighted by atomic mass is 10.1. The van der Waals surface area contributed by atoms with Crippen LogP contribution < -0.4 is 14.8 Å². The van der Waals surface area contributed by atoms with Crippen molar-refractivity contribution < 1.29 is 14.6 Å². The highest BCUT2D eigenvalue weighted by atomic mass is 16.5. The van der Waals surface area contributed by atoms with Crippen LogP contribution in [-0.2, 0) is 6.54 Å². The van der Waals surface area contributed by atoms with E-state index in [0.29, 0.717) is 40.6 Å². The number of rotatable bonds is 5. The van der Waals surface area contributed by atoms with Gasteiger partial charge in [0.05, 0.1) is 20.5 Å². The zero-order valence-electron chi connectivity index (χ0n) is 12.1. The van der Waals surface area contributed by atoms with Gasteiger partial charge in [-0.25, -0.2) is 15.0 Å². The van der Waals surface area contributed by atoms with Crippen LogP contribution in [-0.4, -0.2) is 39.3 Å². The number of imidazole rings is 1. The first-order valence-electron chi connectivity index (χ1n) is 6.55. The van der Waals surface area contributed by atoms with Gasteiger partial charge in [0.15, 0.2) is 23.0 Å². The average Bonchev–Trinajstić information content (AvgIpc) is 3.02. The number of nitrogens with zero attached hydrogens (tertiary/aromatic N) is 3. The number of phenols is 1. The minimum atomic E-state index is 0.0317. The van der Waals surface area contributed by atoms with Crippen molar-refractivity contribution in [3.05, 3.63) is 30.4 Å². The summed E-state index contributed by atoms with van der Waals surface area (Å²) in [4.78, 5) is 15.3. The van der Waals surface area contributed by atoms with E-state index in [9.17, 15) is 5.11 Å². The van der Waals surface area contributed by atoms with Crippen molar-refractivity contribution in [2.24, 2.45) is 0 Å². The van der Waals surface area contributed by atoms with Crippen LogP contribution in [0.15, 0.2) is 24.8 Å².